The van der Waals surface area contributed by atoms with E-state index in [-0.39, 0.29) is 16.2 Å². The number of terminal acetylenes is 1. The molecule has 0 fully saturated rings. The number of benzene rings is 1. The second-order valence-corrected chi connectivity index (χ2v) is 4.46. The van der Waals surface area contributed by atoms with E-state index >= 15 is 0 Å². The van der Waals surface area contributed by atoms with Gasteiger partial charge in [-0.3, -0.25) is 4.79 Å². The molecule has 0 bridgehead atoms. The molecule has 5 heteroatoms. The Kier molecular flexibility index (Phi) is 4.06. The van der Waals surface area contributed by atoms with E-state index in [1.165, 1.54) is 12.1 Å². The van der Waals surface area contributed by atoms with Gasteiger partial charge in [-0.1, -0.05) is 35.2 Å². The minimum absolute atomic E-state index is 0.162. The molecule has 0 unspecified atom stereocenters. The number of anilines is 1. The minimum Gasteiger partial charge on any atom is -0.322 e. The van der Waals surface area contributed by atoms with Crippen LogP contribution in [0.25, 0.3) is 0 Å². The molecule has 2 aromatic rings. The number of carbonyl (C=O) groups is 1. The Labute approximate surface area is 120 Å². The van der Waals surface area contributed by atoms with Gasteiger partial charge in [0.1, 0.15) is 10.3 Å². The fourth-order valence-corrected chi connectivity index (χ4v) is 1.95. The van der Waals surface area contributed by atoms with E-state index < -0.39 is 0 Å². The van der Waals surface area contributed by atoms with Gasteiger partial charge in [0.25, 0.3) is 5.91 Å². The maximum absolute atomic E-state index is 12.0. The molecule has 94 valence electrons. The van der Waals surface area contributed by atoms with Crippen LogP contribution in [0.1, 0.15) is 15.9 Å². The summed E-state index contributed by atoms with van der Waals surface area (Å²) >= 11 is 11.5. The van der Waals surface area contributed by atoms with E-state index in [4.69, 9.17) is 29.6 Å². The second-order valence-electron chi connectivity index (χ2n) is 3.68. The summed E-state index contributed by atoms with van der Waals surface area (Å²) < 4.78 is 0. The van der Waals surface area contributed by atoms with Gasteiger partial charge in [-0.05, 0) is 30.3 Å². The predicted molar refractivity (Wildman–Crippen MR) is 76.6 cm³/mol. The molecule has 0 saturated carbocycles. The third-order valence-electron chi connectivity index (χ3n) is 2.31. The van der Waals surface area contributed by atoms with Crippen molar-refractivity contribution in [2.45, 2.75) is 0 Å². The first-order valence-corrected chi connectivity index (χ1v) is 6.05. The summed E-state index contributed by atoms with van der Waals surface area (Å²) in [6, 6.07) is 9.85. The van der Waals surface area contributed by atoms with Crippen molar-refractivity contribution in [2.75, 3.05) is 5.32 Å². The fraction of sp³-hybridized carbons (Fsp3) is 0. The molecular weight excluding hydrogens is 283 g/mol. The molecule has 0 aliphatic carbocycles. The molecule has 19 heavy (non-hydrogen) atoms. The van der Waals surface area contributed by atoms with Crippen molar-refractivity contribution >= 4 is 34.8 Å². The van der Waals surface area contributed by atoms with E-state index in [1.54, 1.807) is 24.3 Å². The number of pyridine rings is 1. The monoisotopic (exact) mass is 290 g/mol. The number of carbonyl (C=O) groups excluding carboxylic acids is 1. The maximum Gasteiger partial charge on any atom is 0.255 e. The first-order valence-electron chi connectivity index (χ1n) is 5.29. The van der Waals surface area contributed by atoms with Gasteiger partial charge >= 0.3 is 0 Å². The minimum atomic E-state index is -0.333. The van der Waals surface area contributed by atoms with Crippen molar-refractivity contribution in [3.05, 3.63) is 57.8 Å². The Morgan fingerprint density at radius 2 is 1.89 bits per heavy atom. The smallest absolute Gasteiger partial charge is 0.255 e. The Hall–Kier alpha value is -2.02. The van der Waals surface area contributed by atoms with Gasteiger partial charge in [-0.2, -0.15) is 0 Å². The van der Waals surface area contributed by atoms with Crippen LogP contribution < -0.4 is 5.32 Å². The lowest BCUT2D eigenvalue weighted by molar-refractivity contribution is 0.102. The number of nitrogens with one attached hydrogen (secondary N) is 1. The average Bonchev–Trinajstić information content (AvgIpc) is 2.37. The van der Waals surface area contributed by atoms with E-state index in [0.717, 1.165) is 0 Å². The van der Waals surface area contributed by atoms with Crippen molar-refractivity contribution in [1.29, 1.82) is 0 Å². The van der Waals surface area contributed by atoms with Crippen LogP contribution in [0.15, 0.2) is 36.4 Å². The van der Waals surface area contributed by atoms with Crippen molar-refractivity contribution < 1.29 is 4.79 Å². The normalized spacial score (nSPS) is 9.74. The molecule has 0 atom stereocenters. The van der Waals surface area contributed by atoms with Crippen molar-refractivity contribution in [3.8, 4) is 12.3 Å². The van der Waals surface area contributed by atoms with Crippen molar-refractivity contribution in [3.63, 3.8) is 0 Å². The summed E-state index contributed by atoms with van der Waals surface area (Å²) in [6.07, 6.45) is 5.29. The zero-order chi connectivity index (χ0) is 13.8. The van der Waals surface area contributed by atoms with Gasteiger partial charge in [0.2, 0.25) is 0 Å². The molecule has 0 radical (unpaired) electrons. The third kappa shape index (κ3) is 3.47. The zero-order valence-corrected chi connectivity index (χ0v) is 11.2. The van der Waals surface area contributed by atoms with Crippen LogP contribution in [0.3, 0.4) is 0 Å². The van der Waals surface area contributed by atoms with Crippen molar-refractivity contribution in [1.82, 2.24) is 4.98 Å². The Morgan fingerprint density at radius 3 is 2.53 bits per heavy atom. The molecule has 0 aliphatic rings. The van der Waals surface area contributed by atoms with Crippen LogP contribution in [0, 0.1) is 12.3 Å². The van der Waals surface area contributed by atoms with Gasteiger partial charge in [-0.25, -0.2) is 4.98 Å². The quantitative estimate of drug-likeness (QED) is 0.678. The molecule has 1 amide bonds. The summed E-state index contributed by atoms with van der Waals surface area (Å²) in [4.78, 5) is 15.8. The number of hydrogen-bond acceptors (Lipinski definition) is 2. The maximum atomic E-state index is 12.0. The van der Waals surface area contributed by atoms with Gasteiger partial charge in [0.15, 0.2) is 0 Å². The lowest BCUT2D eigenvalue weighted by Gasteiger charge is -2.06. The van der Waals surface area contributed by atoms with E-state index in [1.807, 2.05) is 0 Å². The van der Waals surface area contributed by atoms with Gasteiger partial charge in [-0.15, -0.1) is 6.42 Å². The van der Waals surface area contributed by atoms with Crippen LogP contribution >= 0.6 is 23.2 Å². The average molecular weight is 291 g/mol. The lowest BCUT2D eigenvalue weighted by atomic mass is 10.2. The Morgan fingerprint density at radius 1 is 1.21 bits per heavy atom. The first kappa shape index (κ1) is 13.4. The fourth-order valence-electron chi connectivity index (χ4n) is 1.49. The highest BCUT2D eigenvalue weighted by atomic mass is 35.5. The molecule has 0 saturated heterocycles. The summed E-state index contributed by atoms with van der Waals surface area (Å²) in [5.74, 6) is 2.16. The van der Waals surface area contributed by atoms with Gasteiger partial charge in [0, 0.05) is 16.8 Å². The highest BCUT2D eigenvalue weighted by molar-refractivity contribution is 6.33. The molecule has 1 aromatic carbocycles. The van der Waals surface area contributed by atoms with Crippen molar-refractivity contribution in [2.24, 2.45) is 0 Å². The van der Waals surface area contributed by atoms with E-state index in [9.17, 15) is 4.79 Å². The largest absolute Gasteiger partial charge is 0.322 e. The van der Waals surface area contributed by atoms with Crippen LogP contribution in [-0.2, 0) is 0 Å². The van der Waals surface area contributed by atoms with Gasteiger partial charge in [0.05, 0.1) is 0 Å². The molecule has 1 N–H and O–H groups in total. The molecule has 1 heterocycles. The second kappa shape index (κ2) is 5.75. The Balaban J connectivity index is 2.23. The van der Waals surface area contributed by atoms with Crippen LogP contribution in [0.4, 0.5) is 5.69 Å². The van der Waals surface area contributed by atoms with Crippen LogP contribution in [-0.4, -0.2) is 10.9 Å². The number of rotatable bonds is 2. The molecule has 0 aliphatic heterocycles. The highest BCUT2D eigenvalue weighted by Crippen LogP contribution is 2.17. The SMILES string of the molecule is C#Cc1cccc(NC(=O)c2cc(Cl)nc(Cl)c2)c1. The molecule has 0 spiro atoms. The standard InChI is InChI=1S/C14H8Cl2N2O/c1-2-9-4-3-5-11(6-9)17-14(19)10-7-12(15)18-13(16)8-10/h1,3-8H,(H,17,19). The molecule has 2 rings (SSSR count). The van der Waals surface area contributed by atoms with Crippen LogP contribution in [0.5, 0.6) is 0 Å². The number of amides is 1. The lowest BCUT2D eigenvalue weighted by Crippen LogP contribution is -2.12. The number of halogens is 2. The third-order valence-corrected chi connectivity index (χ3v) is 2.70. The van der Waals surface area contributed by atoms with E-state index in [2.05, 4.69) is 16.2 Å². The Bertz CT molecular complexity index is 657. The first-order chi connectivity index (χ1) is 9.08. The summed E-state index contributed by atoms with van der Waals surface area (Å²) in [5.41, 5.74) is 1.62. The number of hydrogen-bond donors (Lipinski definition) is 1. The predicted octanol–water partition coefficient (Wildman–Crippen LogP) is 3.62. The molecular formula is C14H8Cl2N2O. The highest BCUT2D eigenvalue weighted by Gasteiger charge is 2.09. The summed E-state index contributed by atoms with van der Waals surface area (Å²) in [6.45, 7) is 0. The van der Waals surface area contributed by atoms with Gasteiger partial charge < -0.3 is 5.32 Å². The topological polar surface area (TPSA) is 42.0 Å². The number of aromatic nitrogens is 1. The molecule has 3 nitrogen and oxygen atoms in total. The number of nitrogens with zero attached hydrogens (tertiary/aromatic N) is 1. The summed E-state index contributed by atoms with van der Waals surface area (Å²) in [5, 5.41) is 3.03. The zero-order valence-electron chi connectivity index (χ0n) is 9.65. The summed E-state index contributed by atoms with van der Waals surface area (Å²) in [7, 11) is 0. The van der Waals surface area contributed by atoms with E-state index in [0.29, 0.717) is 16.8 Å². The molecule has 1 aromatic heterocycles. The van der Waals surface area contributed by atoms with Crippen LogP contribution in [0.2, 0.25) is 10.3 Å².